The zero-order valence-corrected chi connectivity index (χ0v) is 15.5. The predicted molar refractivity (Wildman–Crippen MR) is 100 cm³/mol. The van der Waals surface area contributed by atoms with Gasteiger partial charge in [-0.1, -0.05) is 30.3 Å². The van der Waals surface area contributed by atoms with E-state index in [-0.39, 0.29) is 18.7 Å². The SMILES string of the molecule is O=C(N1CCn2nc(N3C4CCC3CNC4)cc2C1)C(F)(F)c1ccccc1. The Balaban J connectivity index is 1.36. The molecule has 2 aromatic rings. The Hall–Kier alpha value is -2.48. The molecule has 0 radical (unpaired) electrons. The molecule has 1 amide bonds. The van der Waals surface area contributed by atoms with Crippen molar-refractivity contribution in [1.82, 2.24) is 20.0 Å². The molecule has 3 aliphatic rings. The number of anilines is 1. The molecule has 2 unspecified atom stereocenters. The maximum Gasteiger partial charge on any atom is 0.349 e. The number of hydrogen-bond donors (Lipinski definition) is 1. The first-order valence-electron chi connectivity index (χ1n) is 9.82. The molecule has 28 heavy (non-hydrogen) atoms. The second-order valence-electron chi connectivity index (χ2n) is 7.83. The van der Waals surface area contributed by atoms with Crippen LogP contribution in [0.4, 0.5) is 14.6 Å². The number of hydrogen-bond acceptors (Lipinski definition) is 4. The number of fused-ring (bicyclic) bond motifs is 3. The van der Waals surface area contributed by atoms with Gasteiger partial charge in [-0.15, -0.1) is 0 Å². The van der Waals surface area contributed by atoms with Gasteiger partial charge in [0, 0.05) is 43.3 Å². The molecule has 148 valence electrons. The lowest BCUT2D eigenvalue weighted by Crippen LogP contribution is -2.52. The lowest BCUT2D eigenvalue weighted by atomic mass is 10.1. The highest BCUT2D eigenvalue weighted by Crippen LogP contribution is 2.34. The molecule has 1 aromatic heterocycles. The van der Waals surface area contributed by atoms with Crippen molar-refractivity contribution < 1.29 is 13.6 Å². The van der Waals surface area contributed by atoms with Crippen molar-refractivity contribution in [3.8, 4) is 0 Å². The minimum atomic E-state index is -3.52. The average molecular weight is 387 g/mol. The van der Waals surface area contributed by atoms with Crippen LogP contribution < -0.4 is 10.2 Å². The van der Waals surface area contributed by atoms with Gasteiger partial charge in [-0.3, -0.25) is 9.48 Å². The number of amides is 1. The molecule has 6 nitrogen and oxygen atoms in total. The van der Waals surface area contributed by atoms with E-state index >= 15 is 0 Å². The Morgan fingerprint density at radius 3 is 2.54 bits per heavy atom. The van der Waals surface area contributed by atoms with Gasteiger partial charge in [0.2, 0.25) is 0 Å². The summed E-state index contributed by atoms with van der Waals surface area (Å²) in [5.41, 5.74) is 0.550. The monoisotopic (exact) mass is 387 g/mol. The van der Waals surface area contributed by atoms with Crippen LogP contribution in [0.25, 0.3) is 0 Å². The summed E-state index contributed by atoms with van der Waals surface area (Å²) in [6, 6.07) is 10.2. The summed E-state index contributed by atoms with van der Waals surface area (Å²) in [6.45, 7) is 2.74. The summed E-state index contributed by atoms with van der Waals surface area (Å²) in [6.07, 6.45) is 2.29. The maximum atomic E-state index is 14.7. The number of benzene rings is 1. The summed E-state index contributed by atoms with van der Waals surface area (Å²) in [7, 11) is 0. The number of carbonyl (C=O) groups excluding carboxylic acids is 1. The molecule has 8 heteroatoms. The van der Waals surface area contributed by atoms with Crippen molar-refractivity contribution in [1.29, 1.82) is 0 Å². The molecule has 3 aliphatic heterocycles. The fraction of sp³-hybridized carbons (Fsp3) is 0.500. The van der Waals surface area contributed by atoms with Crippen molar-refractivity contribution in [2.45, 2.75) is 43.9 Å². The zero-order valence-electron chi connectivity index (χ0n) is 15.5. The van der Waals surface area contributed by atoms with Crippen molar-refractivity contribution in [3.05, 3.63) is 47.7 Å². The summed E-state index contributed by atoms with van der Waals surface area (Å²) in [4.78, 5) is 16.2. The second kappa shape index (κ2) is 6.55. The van der Waals surface area contributed by atoms with Gasteiger partial charge in [-0.2, -0.15) is 13.9 Å². The topological polar surface area (TPSA) is 53.4 Å². The number of aromatic nitrogens is 2. The molecule has 5 rings (SSSR count). The standard InChI is InChI=1S/C20H23F2N5O/c21-20(22,14-4-2-1-3-5-14)19(28)25-8-9-26-17(13-25)10-18(24-26)27-15-6-7-16(27)12-23-11-15/h1-5,10,15-16,23H,6-9,11-13H2. The normalized spacial score (nSPS) is 24.4. The lowest BCUT2D eigenvalue weighted by molar-refractivity contribution is -0.160. The summed E-state index contributed by atoms with van der Waals surface area (Å²) in [5.74, 6) is -3.76. The molecule has 0 saturated carbocycles. The van der Waals surface area contributed by atoms with E-state index in [4.69, 9.17) is 5.10 Å². The van der Waals surface area contributed by atoms with Gasteiger partial charge in [-0.05, 0) is 12.8 Å². The Bertz CT molecular complexity index is 868. The van der Waals surface area contributed by atoms with E-state index in [0.717, 1.165) is 37.4 Å². The highest BCUT2D eigenvalue weighted by atomic mass is 19.3. The van der Waals surface area contributed by atoms with E-state index in [2.05, 4.69) is 10.2 Å². The number of nitrogens with zero attached hydrogens (tertiary/aromatic N) is 4. The molecule has 1 aromatic carbocycles. The van der Waals surface area contributed by atoms with Crippen molar-refractivity contribution in [2.75, 3.05) is 24.5 Å². The van der Waals surface area contributed by atoms with Crippen LogP contribution in [-0.2, 0) is 23.8 Å². The number of alkyl halides is 2. The van der Waals surface area contributed by atoms with Crippen LogP contribution in [0.3, 0.4) is 0 Å². The Morgan fingerprint density at radius 1 is 1.11 bits per heavy atom. The van der Waals surface area contributed by atoms with Crippen LogP contribution >= 0.6 is 0 Å². The van der Waals surface area contributed by atoms with Gasteiger partial charge in [-0.25, -0.2) is 0 Å². The highest BCUT2D eigenvalue weighted by Gasteiger charge is 2.45. The number of halogens is 2. The number of piperazine rings is 1. The molecule has 2 atom stereocenters. The van der Waals surface area contributed by atoms with Crippen LogP contribution in [0, 0.1) is 0 Å². The molecule has 1 N–H and O–H groups in total. The first kappa shape index (κ1) is 17.6. The third-order valence-electron chi connectivity index (χ3n) is 6.12. The molecular weight excluding hydrogens is 364 g/mol. The van der Waals surface area contributed by atoms with Gasteiger partial charge in [0.05, 0.1) is 18.8 Å². The molecule has 2 fully saturated rings. The Kier molecular flexibility index (Phi) is 4.12. The smallest absolute Gasteiger partial charge is 0.347 e. The van der Waals surface area contributed by atoms with Crippen LogP contribution in [0.1, 0.15) is 24.1 Å². The Labute approximate surface area is 162 Å². The minimum absolute atomic E-state index is 0.162. The predicted octanol–water partition coefficient (Wildman–Crippen LogP) is 1.96. The van der Waals surface area contributed by atoms with E-state index in [0.29, 0.717) is 18.6 Å². The van der Waals surface area contributed by atoms with Crippen LogP contribution in [0.5, 0.6) is 0 Å². The van der Waals surface area contributed by atoms with Crippen LogP contribution in [-0.4, -0.2) is 52.3 Å². The van der Waals surface area contributed by atoms with E-state index in [1.54, 1.807) is 6.07 Å². The maximum absolute atomic E-state index is 14.7. The van der Waals surface area contributed by atoms with E-state index < -0.39 is 11.8 Å². The summed E-state index contributed by atoms with van der Waals surface area (Å²) < 4.78 is 31.2. The van der Waals surface area contributed by atoms with E-state index in [9.17, 15) is 13.6 Å². The first-order chi connectivity index (χ1) is 13.5. The molecule has 2 saturated heterocycles. The third-order valence-corrected chi connectivity index (χ3v) is 6.12. The number of carbonyl (C=O) groups is 1. The first-order valence-corrected chi connectivity index (χ1v) is 9.82. The van der Waals surface area contributed by atoms with Gasteiger partial charge in [0.1, 0.15) is 0 Å². The van der Waals surface area contributed by atoms with E-state index in [1.165, 1.54) is 29.2 Å². The van der Waals surface area contributed by atoms with Crippen molar-refractivity contribution in [2.24, 2.45) is 0 Å². The molecular formula is C20H23F2N5O. The summed E-state index contributed by atoms with van der Waals surface area (Å²) >= 11 is 0. The van der Waals surface area contributed by atoms with Gasteiger partial charge in [0.15, 0.2) is 5.82 Å². The van der Waals surface area contributed by atoms with Crippen LogP contribution in [0.2, 0.25) is 0 Å². The Morgan fingerprint density at radius 2 is 1.82 bits per heavy atom. The molecule has 4 heterocycles. The lowest BCUT2D eigenvalue weighted by Gasteiger charge is -2.35. The van der Waals surface area contributed by atoms with E-state index in [1.807, 2.05) is 10.7 Å². The third kappa shape index (κ3) is 2.78. The van der Waals surface area contributed by atoms with Crippen molar-refractivity contribution >= 4 is 11.7 Å². The second-order valence-corrected chi connectivity index (χ2v) is 7.83. The molecule has 0 spiro atoms. The average Bonchev–Trinajstić information content (AvgIpc) is 3.24. The van der Waals surface area contributed by atoms with Crippen LogP contribution in [0.15, 0.2) is 36.4 Å². The quantitative estimate of drug-likeness (QED) is 0.875. The molecule has 0 aliphatic carbocycles. The van der Waals surface area contributed by atoms with Crippen molar-refractivity contribution in [3.63, 3.8) is 0 Å². The molecule has 2 bridgehead atoms. The largest absolute Gasteiger partial charge is 0.349 e. The minimum Gasteiger partial charge on any atom is -0.347 e. The zero-order chi connectivity index (χ0) is 19.3. The fourth-order valence-electron chi connectivity index (χ4n) is 4.67. The fourth-order valence-corrected chi connectivity index (χ4v) is 4.67. The van der Waals surface area contributed by atoms with Gasteiger partial charge < -0.3 is 15.1 Å². The van der Waals surface area contributed by atoms with Gasteiger partial charge in [0.25, 0.3) is 5.91 Å². The van der Waals surface area contributed by atoms with Gasteiger partial charge >= 0.3 is 5.92 Å². The highest BCUT2D eigenvalue weighted by molar-refractivity contribution is 5.85. The summed E-state index contributed by atoms with van der Waals surface area (Å²) in [5, 5.41) is 8.17. The number of nitrogens with one attached hydrogen (secondary N) is 1. The number of rotatable bonds is 3.